The van der Waals surface area contributed by atoms with Gasteiger partial charge in [-0.05, 0) is 37.1 Å². The molecule has 0 amide bonds. The van der Waals surface area contributed by atoms with Crippen molar-refractivity contribution in [3.8, 4) is 22.9 Å². The summed E-state index contributed by atoms with van der Waals surface area (Å²) in [6.07, 6.45) is 7.85. The lowest BCUT2D eigenvalue weighted by atomic mass is 10.1. The molecule has 1 aromatic carbocycles. The lowest BCUT2D eigenvalue weighted by Gasteiger charge is -2.11. The van der Waals surface area contributed by atoms with Gasteiger partial charge in [0, 0.05) is 12.0 Å². The van der Waals surface area contributed by atoms with Gasteiger partial charge in [0.2, 0.25) is 0 Å². The third-order valence-electron chi connectivity index (χ3n) is 4.86. The second-order valence-electron chi connectivity index (χ2n) is 7.55. The van der Waals surface area contributed by atoms with Gasteiger partial charge in [-0.15, -0.1) is 0 Å². The lowest BCUT2D eigenvalue weighted by molar-refractivity contribution is 0.184. The third kappa shape index (κ3) is 9.06. The van der Waals surface area contributed by atoms with Crippen LogP contribution in [0.3, 0.4) is 0 Å². The van der Waals surface area contributed by atoms with Crippen LogP contribution in [0.1, 0.15) is 65.2 Å². The van der Waals surface area contributed by atoms with Crippen molar-refractivity contribution in [1.29, 1.82) is 0 Å². The number of hydrogen-bond donors (Lipinski definition) is 0. The minimum atomic E-state index is -0.938. The fourth-order valence-electron chi connectivity index (χ4n) is 3.00. The molecule has 0 spiro atoms. The van der Waals surface area contributed by atoms with Crippen molar-refractivity contribution in [1.82, 2.24) is 9.97 Å². The number of aromatic nitrogens is 2. The summed E-state index contributed by atoms with van der Waals surface area (Å²) < 4.78 is 38.5. The maximum Gasteiger partial charge on any atom is 0.159 e. The molecule has 0 radical (unpaired) electrons. The van der Waals surface area contributed by atoms with Crippen LogP contribution in [0.15, 0.2) is 36.7 Å². The topological polar surface area (TPSA) is 44.2 Å². The van der Waals surface area contributed by atoms with Crippen LogP contribution in [-0.4, -0.2) is 35.5 Å². The van der Waals surface area contributed by atoms with Crippen LogP contribution in [0.5, 0.6) is 11.5 Å². The van der Waals surface area contributed by atoms with Crippen LogP contribution in [-0.2, 0) is 0 Å². The van der Waals surface area contributed by atoms with Crippen LogP contribution in [0.4, 0.5) is 8.78 Å². The SMILES string of the molecule is CCCCC[C@H](F)COc1ccc(-c2ncc(OCC[C@H](F)CCCC)cn2)cc1. The Labute approximate surface area is 179 Å². The quantitative estimate of drug-likeness (QED) is 0.299. The highest BCUT2D eigenvalue weighted by Crippen LogP contribution is 2.21. The van der Waals surface area contributed by atoms with E-state index in [9.17, 15) is 8.78 Å². The molecule has 0 bridgehead atoms. The summed E-state index contributed by atoms with van der Waals surface area (Å²) in [5, 5.41) is 0. The van der Waals surface area contributed by atoms with Gasteiger partial charge in [0.15, 0.2) is 11.6 Å². The summed E-state index contributed by atoms with van der Waals surface area (Å²) in [5.74, 6) is 1.71. The Kier molecular flexibility index (Phi) is 11.1. The molecule has 0 aliphatic heterocycles. The summed E-state index contributed by atoms with van der Waals surface area (Å²) in [4.78, 5) is 8.62. The minimum absolute atomic E-state index is 0.0732. The first kappa shape index (κ1) is 24.0. The first-order valence-corrected chi connectivity index (χ1v) is 11.1. The zero-order valence-electron chi connectivity index (χ0n) is 18.2. The number of halogens is 2. The Balaban J connectivity index is 1.76. The number of rotatable bonds is 15. The molecule has 2 rings (SSSR count). The second kappa shape index (κ2) is 13.9. The predicted molar refractivity (Wildman–Crippen MR) is 117 cm³/mol. The number of benzene rings is 1. The first-order valence-electron chi connectivity index (χ1n) is 11.1. The Hall–Kier alpha value is -2.24. The molecule has 0 aliphatic rings. The summed E-state index contributed by atoms with van der Waals surface area (Å²) in [5.41, 5.74) is 0.831. The average Bonchev–Trinajstić information content (AvgIpc) is 2.77. The van der Waals surface area contributed by atoms with E-state index in [1.165, 1.54) is 0 Å². The first-order chi connectivity index (χ1) is 14.6. The molecule has 2 atom stereocenters. The lowest BCUT2D eigenvalue weighted by Crippen LogP contribution is -2.12. The van der Waals surface area contributed by atoms with E-state index >= 15 is 0 Å². The van der Waals surface area contributed by atoms with Crippen molar-refractivity contribution in [2.24, 2.45) is 0 Å². The normalized spacial score (nSPS) is 13.1. The van der Waals surface area contributed by atoms with Crippen LogP contribution in [0.2, 0.25) is 0 Å². The van der Waals surface area contributed by atoms with E-state index in [0.29, 0.717) is 43.2 Å². The van der Waals surface area contributed by atoms with Crippen molar-refractivity contribution >= 4 is 0 Å². The summed E-state index contributed by atoms with van der Waals surface area (Å²) >= 11 is 0. The van der Waals surface area contributed by atoms with Crippen molar-refractivity contribution in [3.05, 3.63) is 36.7 Å². The van der Waals surface area contributed by atoms with E-state index in [-0.39, 0.29) is 6.61 Å². The van der Waals surface area contributed by atoms with Crippen molar-refractivity contribution < 1.29 is 18.3 Å². The number of unbranched alkanes of at least 4 members (excludes halogenated alkanes) is 3. The molecular formula is C24H34F2N2O2. The zero-order valence-corrected chi connectivity index (χ0v) is 18.2. The molecule has 0 aliphatic carbocycles. The summed E-state index contributed by atoms with van der Waals surface area (Å²) in [6.45, 7) is 4.54. The van der Waals surface area contributed by atoms with Gasteiger partial charge in [0.25, 0.3) is 0 Å². The third-order valence-corrected chi connectivity index (χ3v) is 4.86. The Morgan fingerprint density at radius 1 is 0.767 bits per heavy atom. The van der Waals surface area contributed by atoms with Gasteiger partial charge in [-0.25, -0.2) is 18.7 Å². The van der Waals surface area contributed by atoms with Crippen LogP contribution >= 0.6 is 0 Å². The monoisotopic (exact) mass is 420 g/mol. The van der Waals surface area contributed by atoms with Crippen molar-refractivity contribution in [2.45, 2.75) is 77.6 Å². The Morgan fingerprint density at radius 3 is 2.10 bits per heavy atom. The molecule has 1 heterocycles. The van der Waals surface area contributed by atoms with Gasteiger partial charge in [-0.1, -0.05) is 46.0 Å². The van der Waals surface area contributed by atoms with Crippen LogP contribution in [0, 0.1) is 0 Å². The minimum Gasteiger partial charge on any atom is -0.491 e. The van der Waals surface area contributed by atoms with E-state index in [2.05, 4.69) is 23.8 Å². The van der Waals surface area contributed by atoms with E-state index in [4.69, 9.17) is 9.47 Å². The fraction of sp³-hybridized carbons (Fsp3) is 0.583. The molecular weight excluding hydrogens is 386 g/mol. The van der Waals surface area contributed by atoms with Crippen molar-refractivity contribution in [3.63, 3.8) is 0 Å². The molecule has 6 heteroatoms. The molecule has 1 aromatic heterocycles. The zero-order chi connectivity index (χ0) is 21.6. The number of nitrogens with zero attached hydrogens (tertiary/aromatic N) is 2. The maximum atomic E-state index is 13.8. The average molecular weight is 421 g/mol. The smallest absolute Gasteiger partial charge is 0.159 e. The molecule has 0 N–H and O–H groups in total. The van der Waals surface area contributed by atoms with Gasteiger partial charge in [0.1, 0.15) is 24.7 Å². The highest BCUT2D eigenvalue weighted by atomic mass is 19.1. The number of ether oxygens (including phenoxy) is 2. The fourth-order valence-corrected chi connectivity index (χ4v) is 3.00. The molecule has 0 saturated heterocycles. The highest BCUT2D eigenvalue weighted by molar-refractivity contribution is 5.56. The molecule has 30 heavy (non-hydrogen) atoms. The molecule has 0 unspecified atom stereocenters. The standard InChI is InChI=1S/C24H34F2N2O2/c1-3-5-7-9-21(26)18-30-22-12-10-19(11-13-22)24-27-16-23(17-28-24)29-15-14-20(25)8-6-4-2/h10-13,16-17,20-21H,3-9,14-15,18H2,1-2H3/t20-,21+/m1/s1. The largest absolute Gasteiger partial charge is 0.491 e. The predicted octanol–water partition coefficient (Wildman–Crippen LogP) is 6.74. The van der Waals surface area contributed by atoms with Gasteiger partial charge in [0.05, 0.1) is 19.0 Å². The van der Waals surface area contributed by atoms with Gasteiger partial charge >= 0.3 is 0 Å². The summed E-state index contributed by atoms with van der Waals surface area (Å²) in [6, 6.07) is 7.27. The maximum absolute atomic E-state index is 13.8. The van der Waals surface area contributed by atoms with Gasteiger partial charge < -0.3 is 9.47 Å². The van der Waals surface area contributed by atoms with E-state index < -0.39 is 12.3 Å². The van der Waals surface area contributed by atoms with Crippen molar-refractivity contribution in [2.75, 3.05) is 13.2 Å². The van der Waals surface area contributed by atoms with E-state index in [0.717, 1.165) is 37.7 Å². The van der Waals surface area contributed by atoms with Gasteiger partial charge in [-0.2, -0.15) is 0 Å². The molecule has 4 nitrogen and oxygen atoms in total. The van der Waals surface area contributed by atoms with Crippen LogP contribution < -0.4 is 9.47 Å². The Bertz CT molecular complexity index is 695. The summed E-state index contributed by atoms with van der Waals surface area (Å²) in [7, 11) is 0. The molecule has 0 fully saturated rings. The van der Waals surface area contributed by atoms with E-state index in [1.54, 1.807) is 24.5 Å². The Morgan fingerprint density at radius 2 is 1.43 bits per heavy atom. The van der Waals surface area contributed by atoms with E-state index in [1.807, 2.05) is 12.1 Å². The number of hydrogen-bond acceptors (Lipinski definition) is 4. The van der Waals surface area contributed by atoms with Gasteiger partial charge in [-0.3, -0.25) is 0 Å². The molecule has 166 valence electrons. The number of alkyl halides is 2. The second-order valence-corrected chi connectivity index (χ2v) is 7.55. The molecule has 2 aromatic rings. The molecule has 0 saturated carbocycles. The highest BCUT2D eigenvalue weighted by Gasteiger charge is 2.09. The van der Waals surface area contributed by atoms with Crippen LogP contribution in [0.25, 0.3) is 11.4 Å².